The minimum Gasteiger partial charge on any atom is -0.455 e. The summed E-state index contributed by atoms with van der Waals surface area (Å²) in [6.07, 6.45) is 1.71. The van der Waals surface area contributed by atoms with Gasteiger partial charge in [-0.05, 0) is 30.8 Å². The van der Waals surface area contributed by atoms with Gasteiger partial charge in [-0.3, -0.25) is 9.78 Å². The van der Waals surface area contributed by atoms with E-state index < -0.39 is 0 Å². The Hall–Kier alpha value is -2.91. The van der Waals surface area contributed by atoms with Crippen molar-refractivity contribution in [2.24, 2.45) is 0 Å². The number of nitrogens with one attached hydrogen (secondary N) is 1. The number of carbonyl (C=O) groups is 1. The molecule has 4 rings (SSSR count). The van der Waals surface area contributed by atoms with Gasteiger partial charge in [0, 0.05) is 43.9 Å². The van der Waals surface area contributed by atoms with Gasteiger partial charge in [0.2, 0.25) is 0 Å². The summed E-state index contributed by atoms with van der Waals surface area (Å²) in [4.78, 5) is 31.2. The van der Waals surface area contributed by atoms with Crippen LogP contribution in [0.2, 0.25) is 0 Å². The monoisotopic (exact) mass is 494 g/mol. The molecule has 35 heavy (non-hydrogen) atoms. The molecule has 1 fully saturated rings. The Balaban J connectivity index is 1.41. The van der Waals surface area contributed by atoms with Gasteiger partial charge in [0.25, 0.3) is 5.91 Å². The summed E-state index contributed by atoms with van der Waals surface area (Å²) in [6, 6.07) is 11.3. The zero-order chi connectivity index (χ0) is 24.8. The zero-order valence-corrected chi connectivity index (χ0v) is 21.8. The average Bonchev–Trinajstić information content (AvgIpc) is 3.35. The lowest BCUT2D eigenvalue weighted by atomic mass is 9.92. The molecule has 186 valence electrons. The fraction of sp³-hybridized carbons (Fsp3) is 0.462. The molecule has 1 aliphatic heterocycles. The zero-order valence-electron chi connectivity index (χ0n) is 21.0. The van der Waals surface area contributed by atoms with Crippen molar-refractivity contribution in [3.05, 3.63) is 65.5 Å². The molecule has 1 aliphatic rings. The van der Waals surface area contributed by atoms with E-state index >= 15 is 0 Å². The molecule has 8 nitrogen and oxygen atoms in total. The van der Waals surface area contributed by atoms with Crippen molar-refractivity contribution >= 4 is 23.5 Å². The number of likely N-dealkylation sites (N-methyl/N-ethyl adjacent to an activating group) is 1. The Morgan fingerprint density at radius 3 is 2.60 bits per heavy atom. The molecule has 0 bridgehead atoms. The highest BCUT2D eigenvalue weighted by Gasteiger charge is 2.23. The van der Waals surface area contributed by atoms with Crippen molar-refractivity contribution in [1.29, 1.82) is 0 Å². The van der Waals surface area contributed by atoms with E-state index in [1.165, 1.54) is 11.8 Å². The molecule has 3 aromatic heterocycles. The lowest BCUT2D eigenvalue weighted by Crippen LogP contribution is -2.46. The van der Waals surface area contributed by atoms with Crippen molar-refractivity contribution < 1.29 is 9.21 Å². The normalized spacial score (nSPS) is 14.8. The predicted octanol–water partition coefficient (Wildman–Crippen LogP) is 4.13. The van der Waals surface area contributed by atoms with E-state index in [2.05, 4.69) is 53.9 Å². The number of thioether (sulfide) groups is 1. The van der Waals surface area contributed by atoms with Crippen molar-refractivity contribution in [3.63, 3.8) is 0 Å². The van der Waals surface area contributed by atoms with Crippen molar-refractivity contribution in [2.45, 2.75) is 50.6 Å². The van der Waals surface area contributed by atoms with Crippen LogP contribution >= 0.6 is 11.8 Å². The lowest BCUT2D eigenvalue weighted by molar-refractivity contribution is 0.0921. The van der Waals surface area contributed by atoms with Crippen LogP contribution in [0, 0.1) is 0 Å². The van der Waals surface area contributed by atoms with E-state index in [9.17, 15) is 4.79 Å². The molecule has 1 amide bonds. The van der Waals surface area contributed by atoms with Gasteiger partial charge in [0.05, 0.1) is 23.7 Å². The Morgan fingerprint density at radius 1 is 1.11 bits per heavy atom. The maximum Gasteiger partial charge on any atom is 0.287 e. The van der Waals surface area contributed by atoms with Crippen LogP contribution in [0.4, 0.5) is 5.82 Å². The predicted molar refractivity (Wildman–Crippen MR) is 139 cm³/mol. The first-order valence-electron chi connectivity index (χ1n) is 12.1. The van der Waals surface area contributed by atoms with Crippen LogP contribution in [-0.4, -0.2) is 58.5 Å². The minimum absolute atomic E-state index is 0.0816. The Morgan fingerprint density at radius 2 is 1.91 bits per heavy atom. The number of pyridine rings is 1. The Kier molecular flexibility index (Phi) is 8.07. The van der Waals surface area contributed by atoms with Crippen LogP contribution in [-0.2, 0) is 17.7 Å². The van der Waals surface area contributed by atoms with Gasteiger partial charge in [0.1, 0.15) is 11.6 Å². The van der Waals surface area contributed by atoms with Gasteiger partial charge in [0.15, 0.2) is 10.9 Å². The molecular weight excluding hydrogens is 460 g/mol. The first-order chi connectivity index (χ1) is 16.8. The van der Waals surface area contributed by atoms with E-state index in [-0.39, 0.29) is 17.1 Å². The third kappa shape index (κ3) is 6.82. The van der Waals surface area contributed by atoms with Gasteiger partial charge in [-0.15, -0.1) is 0 Å². The number of amides is 1. The number of aromatic nitrogens is 3. The van der Waals surface area contributed by atoms with E-state index in [0.717, 1.165) is 55.1 Å². The lowest BCUT2D eigenvalue weighted by Gasteiger charge is -2.35. The molecular formula is C26H34N6O2S. The quantitative estimate of drug-likeness (QED) is 0.370. The SMILES string of the molecule is CCN1CCN(c2cc(C(C)(C)C)nc(SCc3ccc(C(=O)NCc4ccccn4)o3)n2)CC1. The van der Waals surface area contributed by atoms with Gasteiger partial charge in [-0.2, -0.15) is 0 Å². The standard InChI is InChI=1S/C26H34N6O2S/c1-5-31-12-14-32(15-13-31)23-16-22(26(2,3)4)29-25(30-23)35-18-20-9-10-21(34-20)24(33)28-17-19-8-6-7-11-27-19/h6-11,16H,5,12-15,17-18H2,1-4H3,(H,28,33). The van der Waals surface area contributed by atoms with Gasteiger partial charge < -0.3 is 19.5 Å². The van der Waals surface area contributed by atoms with Crippen molar-refractivity contribution in [2.75, 3.05) is 37.6 Å². The van der Waals surface area contributed by atoms with Crippen LogP contribution in [0.5, 0.6) is 0 Å². The number of rotatable bonds is 8. The van der Waals surface area contributed by atoms with Crippen molar-refractivity contribution in [1.82, 2.24) is 25.2 Å². The molecule has 0 spiro atoms. The Labute approximate surface area is 211 Å². The molecule has 0 radical (unpaired) electrons. The number of hydrogen-bond acceptors (Lipinski definition) is 8. The highest BCUT2D eigenvalue weighted by Crippen LogP contribution is 2.29. The molecule has 0 saturated carbocycles. The molecule has 0 unspecified atom stereocenters. The second kappa shape index (κ2) is 11.2. The molecule has 1 saturated heterocycles. The molecule has 4 heterocycles. The molecule has 0 atom stereocenters. The fourth-order valence-corrected chi connectivity index (χ4v) is 4.54. The van der Waals surface area contributed by atoms with E-state index in [0.29, 0.717) is 18.1 Å². The summed E-state index contributed by atoms with van der Waals surface area (Å²) < 4.78 is 5.80. The number of piperazine rings is 1. The number of hydrogen-bond donors (Lipinski definition) is 1. The third-order valence-electron chi connectivity index (χ3n) is 5.99. The third-order valence-corrected chi connectivity index (χ3v) is 6.86. The summed E-state index contributed by atoms with van der Waals surface area (Å²) in [5, 5.41) is 3.57. The van der Waals surface area contributed by atoms with Crippen LogP contribution in [0.1, 0.15) is 55.4 Å². The number of nitrogens with zero attached hydrogens (tertiary/aromatic N) is 5. The highest BCUT2D eigenvalue weighted by atomic mass is 32.2. The van der Waals surface area contributed by atoms with Crippen LogP contribution < -0.4 is 10.2 Å². The van der Waals surface area contributed by atoms with Crippen LogP contribution in [0.15, 0.2) is 52.2 Å². The molecule has 1 N–H and O–H groups in total. The Bertz CT molecular complexity index is 1120. The van der Waals surface area contributed by atoms with Gasteiger partial charge >= 0.3 is 0 Å². The largest absolute Gasteiger partial charge is 0.455 e. The second-order valence-corrected chi connectivity index (χ2v) is 10.6. The first-order valence-corrected chi connectivity index (χ1v) is 13.1. The number of furan rings is 1. The number of carbonyl (C=O) groups excluding carboxylic acids is 1. The fourth-order valence-electron chi connectivity index (χ4n) is 3.79. The number of anilines is 1. The summed E-state index contributed by atoms with van der Waals surface area (Å²) in [5.74, 6) is 2.27. The van der Waals surface area contributed by atoms with Crippen LogP contribution in [0.25, 0.3) is 0 Å². The first kappa shape index (κ1) is 25.2. The van der Waals surface area contributed by atoms with Crippen molar-refractivity contribution in [3.8, 4) is 0 Å². The summed E-state index contributed by atoms with van der Waals surface area (Å²) in [5.41, 5.74) is 1.74. The van der Waals surface area contributed by atoms with Gasteiger partial charge in [-0.1, -0.05) is 45.5 Å². The van der Waals surface area contributed by atoms with E-state index in [4.69, 9.17) is 14.4 Å². The summed E-state index contributed by atoms with van der Waals surface area (Å²) in [7, 11) is 0. The second-order valence-electron chi connectivity index (χ2n) is 9.62. The summed E-state index contributed by atoms with van der Waals surface area (Å²) in [6.45, 7) is 14.2. The average molecular weight is 495 g/mol. The van der Waals surface area contributed by atoms with Crippen LogP contribution in [0.3, 0.4) is 0 Å². The minimum atomic E-state index is -0.258. The highest BCUT2D eigenvalue weighted by molar-refractivity contribution is 7.98. The molecule has 0 aromatic carbocycles. The molecule has 3 aromatic rings. The maximum absolute atomic E-state index is 12.5. The maximum atomic E-state index is 12.5. The smallest absolute Gasteiger partial charge is 0.287 e. The van der Waals surface area contributed by atoms with Gasteiger partial charge in [-0.25, -0.2) is 9.97 Å². The topological polar surface area (TPSA) is 87.4 Å². The molecule has 9 heteroatoms. The van der Waals surface area contributed by atoms with E-state index in [1.807, 2.05) is 24.3 Å². The summed E-state index contributed by atoms with van der Waals surface area (Å²) >= 11 is 1.53. The van der Waals surface area contributed by atoms with E-state index in [1.54, 1.807) is 12.3 Å². The molecule has 0 aliphatic carbocycles.